The predicted octanol–water partition coefficient (Wildman–Crippen LogP) is 3.19. The van der Waals surface area contributed by atoms with E-state index in [1.165, 1.54) is 0 Å². The van der Waals surface area contributed by atoms with Crippen LogP contribution in [0.15, 0.2) is 48.9 Å². The first-order valence-electron chi connectivity index (χ1n) is 10.1. The molecule has 3 aromatic rings. The topological polar surface area (TPSA) is 81.5 Å². The van der Waals surface area contributed by atoms with Crippen LogP contribution in [0, 0.1) is 12.8 Å². The number of rotatable bonds is 4. The number of hydrogen-bond donors (Lipinski definition) is 1. The van der Waals surface area contributed by atoms with Crippen LogP contribution in [0.25, 0.3) is 11.4 Å². The molecule has 2 aliphatic heterocycles. The fourth-order valence-corrected chi connectivity index (χ4v) is 3.86. The number of nitrogens with one attached hydrogen (secondary N) is 1. The van der Waals surface area contributed by atoms with Crippen LogP contribution >= 0.6 is 0 Å². The molecular formula is C22H23N5O3. The molecule has 0 spiro atoms. The Balaban J connectivity index is 1.19. The average molecular weight is 405 g/mol. The number of amides is 2. The number of carbonyl (C=O) groups is 1. The maximum absolute atomic E-state index is 12.6. The second-order valence-electron chi connectivity index (χ2n) is 7.63. The van der Waals surface area contributed by atoms with Crippen LogP contribution in [0.5, 0.6) is 11.5 Å². The first kappa shape index (κ1) is 18.5. The van der Waals surface area contributed by atoms with Crippen molar-refractivity contribution in [3.8, 4) is 22.9 Å². The number of ether oxygens (including phenoxy) is 2. The Bertz CT molecular complexity index is 1060. The lowest BCUT2D eigenvalue weighted by Gasteiger charge is -2.39. The van der Waals surface area contributed by atoms with Gasteiger partial charge in [-0.1, -0.05) is 0 Å². The Labute approximate surface area is 174 Å². The molecule has 154 valence electrons. The number of anilines is 1. The number of aromatic nitrogens is 3. The quantitative estimate of drug-likeness (QED) is 0.721. The lowest BCUT2D eigenvalue weighted by atomic mass is 10.0. The minimum Gasteiger partial charge on any atom is -0.486 e. The highest BCUT2D eigenvalue weighted by Gasteiger charge is 2.32. The number of hydrogen-bond acceptors (Lipinski definition) is 5. The van der Waals surface area contributed by atoms with Gasteiger partial charge in [-0.3, -0.25) is 4.98 Å². The van der Waals surface area contributed by atoms with E-state index in [4.69, 9.17) is 9.47 Å². The first-order valence-corrected chi connectivity index (χ1v) is 10.1. The van der Waals surface area contributed by atoms with E-state index in [1.807, 2.05) is 35.4 Å². The normalized spacial score (nSPS) is 15.6. The van der Waals surface area contributed by atoms with Crippen LogP contribution in [-0.4, -0.2) is 51.8 Å². The summed E-state index contributed by atoms with van der Waals surface area (Å²) in [6.45, 7) is 5.38. The molecule has 4 heterocycles. The Hall–Kier alpha value is -3.55. The second kappa shape index (κ2) is 7.70. The van der Waals surface area contributed by atoms with Gasteiger partial charge in [0.1, 0.15) is 19.0 Å². The van der Waals surface area contributed by atoms with Gasteiger partial charge in [-0.25, -0.2) is 9.78 Å². The number of urea groups is 1. The third-order valence-corrected chi connectivity index (χ3v) is 5.47. The van der Waals surface area contributed by atoms with Gasteiger partial charge in [0.15, 0.2) is 11.5 Å². The molecule has 8 heteroatoms. The molecule has 0 radical (unpaired) electrons. The van der Waals surface area contributed by atoms with Gasteiger partial charge < -0.3 is 24.3 Å². The number of benzene rings is 1. The van der Waals surface area contributed by atoms with E-state index < -0.39 is 0 Å². The molecule has 8 nitrogen and oxygen atoms in total. The molecule has 0 unspecified atom stereocenters. The summed E-state index contributed by atoms with van der Waals surface area (Å²) in [6.07, 6.45) is 5.44. The number of nitrogens with zero attached hydrogens (tertiary/aromatic N) is 4. The zero-order valence-electron chi connectivity index (χ0n) is 16.7. The molecule has 0 aliphatic carbocycles. The number of carbonyl (C=O) groups excluding carboxylic acids is 1. The van der Waals surface area contributed by atoms with Crippen LogP contribution in [0.4, 0.5) is 10.5 Å². The molecule has 0 saturated carbocycles. The maximum atomic E-state index is 12.6. The van der Waals surface area contributed by atoms with Crippen molar-refractivity contribution in [3.63, 3.8) is 0 Å². The zero-order valence-corrected chi connectivity index (χ0v) is 16.7. The van der Waals surface area contributed by atoms with Gasteiger partial charge in [0.05, 0.1) is 0 Å². The average Bonchev–Trinajstić information content (AvgIpc) is 3.11. The van der Waals surface area contributed by atoms with Gasteiger partial charge >= 0.3 is 6.03 Å². The fourth-order valence-electron chi connectivity index (χ4n) is 3.86. The van der Waals surface area contributed by atoms with Gasteiger partial charge in [-0.15, -0.1) is 0 Å². The lowest BCUT2D eigenvalue weighted by molar-refractivity contribution is 0.120. The molecule has 0 bridgehead atoms. The van der Waals surface area contributed by atoms with Crippen LogP contribution < -0.4 is 14.8 Å². The Morgan fingerprint density at radius 2 is 1.90 bits per heavy atom. The summed E-state index contributed by atoms with van der Waals surface area (Å²) in [6, 6.07) is 9.29. The summed E-state index contributed by atoms with van der Waals surface area (Å²) in [5.74, 6) is 2.71. The van der Waals surface area contributed by atoms with Crippen molar-refractivity contribution in [2.75, 3.05) is 31.6 Å². The highest BCUT2D eigenvalue weighted by Crippen LogP contribution is 2.33. The molecule has 0 atom stereocenters. The summed E-state index contributed by atoms with van der Waals surface area (Å²) in [7, 11) is 0. The van der Waals surface area contributed by atoms with Crippen molar-refractivity contribution in [1.29, 1.82) is 0 Å². The molecule has 2 amide bonds. The van der Waals surface area contributed by atoms with E-state index in [2.05, 4.69) is 26.8 Å². The largest absolute Gasteiger partial charge is 0.486 e. The fraction of sp³-hybridized carbons (Fsp3) is 0.318. The number of likely N-dealkylation sites (tertiary alicyclic amines) is 1. The summed E-state index contributed by atoms with van der Waals surface area (Å²) in [4.78, 5) is 23.0. The Morgan fingerprint density at radius 3 is 2.70 bits per heavy atom. The van der Waals surface area contributed by atoms with Gasteiger partial charge in [-0.2, -0.15) is 0 Å². The number of fused-ring (bicyclic) bond motifs is 1. The Kier molecular flexibility index (Phi) is 4.74. The summed E-state index contributed by atoms with van der Waals surface area (Å²) in [5.41, 5.74) is 2.87. The van der Waals surface area contributed by atoms with E-state index in [9.17, 15) is 4.79 Å². The number of pyridine rings is 1. The van der Waals surface area contributed by atoms with E-state index >= 15 is 0 Å². The molecule has 2 aromatic heterocycles. The van der Waals surface area contributed by atoms with Gasteiger partial charge in [0.25, 0.3) is 0 Å². The molecular weight excluding hydrogens is 382 g/mol. The third kappa shape index (κ3) is 3.56. The minimum atomic E-state index is -0.0976. The van der Waals surface area contributed by atoms with Crippen molar-refractivity contribution < 1.29 is 14.3 Å². The highest BCUT2D eigenvalue weighted by molar-refractivity contribution is 5.90. The van der Waals surface area contributed by atoms with E-state index in [1.54, 1.807) is 18.5 Å². The SMILES string of the molecule is Cc1cnc(-c2ccncc2)n1CC1CN(C(=O)Nc2ccc3c(c2)OCCO3)C1. The van der Waals surface area contributed by atoms with Gasteiger partial charge in [-0.05, 0) is 31.2 Å². The van der Waals surface area contributed by atoms with Crippen LogP contribution in [0.3, 0.4) is 0 Å². The third-order valence-electron chi connectivity index (χ3n) is 5.47. The maximum Gasteiger partial charge on any atom is 0.321 e. The monoisotopic (exact) mass is 405 g/mol. The van der Waals surface area contributed by atoms with Crippen molar-refractivity contribution in [2.24, 2.45) is 5.92 Å². The van der Waals surface area contributed by atoms with E-state index in [-0.39, 0.29) is 6.03 Å². The molecule has 1 fully saturated rings. The van der Waals surface area contributed by atoms with Crippen molar-refractivity contribution in [3.05, 3.63) is 54.6 Å². The van der Waals surface area contributed by atoms with Gasteiger partial charge in [0.2, 0.25) is 0 Å². The second-order valence-corrected chi connectivity index (χ2v) is 7.63. The van der Waals surface area contributed by atoms with Crippen molar-refractivity contribution in [1.82, 2.24) is 19.4 Å². The smallest absolute Gasteiger partial charge is 0.321 e. The standard InChI is InChI=1S/C22H23N5O3/c1-15-11-24-21(17-4-6-23-7-5-17)27(15)14-16-12-26(13-16)22(28)25-18-2-3-19-20(10-18)30-9-8-29-19/h2-7,10-11,16H,8-9,12-14H2,1H3,(H,25,28). The zero-order chi connectivity index (χ0) is 20.5. The van der Waals surface area contributed by atoms with Crippen LogP contribution in [0.2, 0.25) is 0 Å². The molecule has 2 aliphatic rings. The van der Waals surface area contributed by atoms with E-state index in [0.717, 1.165) is 23.6 Å². The molecule has 1 N–H and O–H groups in total. The highest BCUT2D eigenvalue weighted by atomic mass is 16.6. The minimum absolute atomic E-state index is 0.0976. The lowest BCUT2D eigenvalue weighted by Crippen LogP contribution is -2.53. The molecule has 5 rings (SSSR count). The predicted molar refractivity (Wildman–Crippen MR) is 112 cm³/mol. The molecule has 1 saturated heterocycles. The van der Waals surface area contributed by atoms with Crippen LogP contribution in [-0.2, 0) is 6.54 Å². The van der Waals surface area contributed by atoms with Crippen molar-refractivity contribution >= 4 is 11.7 Å². The number of imidazole rings is 1. The summed E-state index contributed by atoms with van der Waals surface area (Å²) < 4.78 is 13.3. The summed E-state index contributed by atoms with van der Waals surface area (Å²) >= 11 is 0. The number of aryl methyl sites for hydroxylation is 1. The Morgan fingerprint density at radius 1 is 1.13 bits per heavy atom. The van der Waals surface area contributed by atoms with Crippen LogP contribution in [0.1, 0.15) is 5.69 Å². The first-order chi connectivity index (χ1) is 14.7. The van der Waals surface area contributed by atoms with E-state index in [0.29, 0.717) is 49.4 Å². The van der Waals surface area contributed by atoms with Gasteiger partial charge in [0, 0.05) is 67.2 Å². The molecule has 1 aromatic carbocycles. The summed E-state index contributed by atoms with van der Waals surface area (Å²) in [5, 5.41) is 2.95. The van der Waals surface area contributed by atoms with Crippen molar-refractivity contribution in [2.45, 2.75) is 13.5 Å². The molecule has 30 heavy (non-hydrogen) atoms.